The summed E-state index contributed by atoms with van der Waals surface area (Å²) in [7, 11) is 0. The Hall–Kier alpha value is -1.30. The molecular weight excluding hydrogens is 361 g/mol. The van der Waals surface area contributed by atoms with Gasteiger partial charge in [-0.3, -0.25) is 0 Å². The van der Waals surface area contributed by atoms with Gasteiger partial charge in [0, 0.05) is 17.6 Å². The van der Waals surface area contributed by atoms with Crippen molar-refractivity contribution in [1.29, 1.82) is 0 Å². The molecule has 1 N–H and O–H groups in total. The minimum absolute atomic E-state index is 0.197. The van der Waals surface area contributed by atoms with Gasteiger partial charge in [-0.25, -0.2) is 4.39 Å². The lowest BCUT2D eigenvalue weighted by atomic mass is 10.2. The molecule has 0 fully saturated rings. The third-order valence-electron chi connectivity index (χ3n) is 3.14. The van der Waals surface area contributed by atoms with Gasteiger partial charge in [-0.1, -0.05) is 27.5 Å². The van der Waals surface area contributed by atoms with Gasteiger partial charge < -0.3 is 14.8 Å². The zero-order chi connectivity index (χ0) is 14.8. The fourth-order valence-corrected chi connectivity index (χ4v) is 2.82. The summed E-state index contributed by atoms with van der Waals surface area (Å²) >= 11 is 9.53. The van der Waals surface area contributed by atoms with Gasteiger partial charge >= 0.3 is 0 Å². The van der Waals surface area contributed by atoms with Gasteiger partial charge in [-0.2, -0.15) is 0 Å². The average Bonchev–Trinajstić information content (AvgIpc) is 2.91. The van der Waals surface area contributed by atoms with E-state index in [2.05, 4.69) is 21.2 Å². The maximum atomic E-state index is 13.2. The fourth-order valence-electron chi connectivity index (χ4n) is 2.14. The van der Waals surface area contributed by atoms with Gasteiger partial charge in [0.2, 0.25) is 6.79 Å². The van der Waals surface area contributed by atoms with E-state index in [4.69, 9.17) is 21.1 Å². The van der Waals surface area contributed by atoms with Crippen LogP contribution in [0.15, 0.2) is 34.8 Å². The third kappa shape index (κ3) is 3.31. The van der Waals surface area contributed by atoms with Gasteiger partial charge in [0.15, 0.2) is 11.5 Å². The van der Waals surface area contributed by atoms with Crippen LogP contribution in [0, 0.1) is 5.82 Å². The monoisotopic (exact) mass is 371 g/mol. The molecule has 1 aliphatic rings. The molecule has 0 bridgehead atoms. The predicted molar refractivity (Wildman–Crippen MR) is 82.2 cm³/mol. The molecule has 0 amide bonds. The molecule has 0 saturated heterocycles. The number of hydrogen-bond donors (Lipinski definition) is 1. The number of rotatable bonds is 4. The minimum atomic E-state index is -0.249. The van der Waals surface area contributed by atoms with Gasteiger partial charge in [-0.15, -0.1) is 0 Å². The van der Waals surface area contributed by atoms with E-state index in [0.717, 1.165) is 15.6 Å². The van der Waals surface area contributed by atoms with E-state index in [-0.39, 0.29) is 12.6 Å². The molecule has 0 radical (unpaired) electrons. The van der Waals surface area contributed by atoms with Crippen LogP contribution in [-0.4, -0.2) is 6.79 Å². The Morgan fingerprint density at radius 1 is 1.19 bits per heavy atom. The molecule has 0 saturated carbocycles. The van der Waals surface area contributed by atoms with Crippen molar-refractivity contribution in [3.05, 3.63) is 56.8 Å². The van der Waals surface area contributed by atoms with Crippen molar-refractivity contribution >= 4 is 27.5 Å². The van der Waals surface area contributed by atoms with Crippen molar-refractivity contribution in [2.24, 2.45) is 0 Å². The molecule has 21 heavy (non-hydrogen) atoms. The van der Waals surface area contributed by atoms with Crippen molar-refractivity contribution in [1.82, 2.24) is 5.32 Å². The lowest BCUT2D eigenvalue weighted by Crippen LogP contribution is -2.13. The van der Waals surface area contributed by atoms with Crippen molar-refractivity contribution < 1.29 is 13.9 Å². The lowest BCUT2D eigenvalue weighted by Gasteiger charge is -2.09. The van der Waals surface area contributed by atoms with Crippen molar-refractivity contribution in [3.8, 4) is 11.5 Å². The summed E-state index contributed by atoms with van der Waals surface area (Å²) in [6.45, 7) is 1.34. The van der Waals surface area contributed by atoms with E-state index in [1.54, 1.807) is 6.07 Å². The van der Waals surface area contributed by atoms with Crippen molar-refractivity contribution in [3.63, 3.8) is 0 Å². The van der Waals surface area contributed by atoms with Crippen LogP contribution in [0.1, 0.15) is 11.1 Å². The highest BCUT2D eigenvalue weighted by Crippen LogP contribution is 2.39. The zero-order valence-electron chi connectivity index (χ0n) is 11.0. The second-order valence-corrected chi connectivity index (χ2v) is 5.91. The minimum Gasteiger partial charge on any atom is -0.454 e. The Labute approximate surface area is 135 Å². The highest BCUT2D eigenvalue weighted by Gasteiger charge is 2.18. The number of benzene rings is 2. The van der Waals surface area contributed by atoms with Crippen molar-refractivity contribution in [2.75, 3.05) is 6.79 Å². The fraction of sp³-hybridized carbons (Fsp3) is 0.200. The van der Waals surface area contributed by atoms with Crippen LogP contribution >= 0.6 is 27.5 Å². The summed E-state index contributed by atoms with van der Waals surface area (Å²) in [5.41, 5.74) is 1.85. The number of nitrogens with one attached hydrogen (secondary N) is 1. The first-order valence-corrected chi connectivity index (χ1v) is 7.53. The summed E-state index contributed by atoms with van der Waals surface area (Å²) in [5.74, 6) is 1.00. The molecule has 1 aliphatic heterocycles. The molecule has 110 valence electrons. The SMILES string of the molecule is Fc1ccc(Br)c(CNCc2cc(Cl)c3c(c2)OCO3)c1. The van der Waals surface area contributed by atoms with E-state index in [9.17, 15) is 4.39 Å². The Kier molecular flexibility index (Phi) is 4.33. The molecular formula is C15H12BrClFNO2. The zero-order valence-corrected chi connectivity index (χ0v) is 13.3. The topological polar surface area (TPSA) is 30.5 Å². The van der Waals surface area contributed by atoms with Crippen LogP contribution in [0.25, 0.3) is 0 Å². The number of hydrogen-bond acceptors (Lipinski definition) is 3. The van der Waals surface area contributed by atoms with Crippen LogP contribution in [0.4, 0.5) is 4.39 Å². The van der Waals surface area contributed by atoms with Gasteiger partial charge in [0.05, 0.1) is 5.02 Å². The highest BCUT2D eigenvalue weighted by atomic mass is 79.9. The quantitative estimate of drug-likeness (QED) is 0.870. The molecule has 0 aliphatic carbocycles. The number of halogens is 3. The van der Waals surface area contributed by atoms with Crippen LogP contribution in [0.2, 0.25) is 5.02 Å². The summed E-state index contributed by atoms with van der Waals surface area (Å²) < 4.78 is 24.7. The average molecular weight is 373 g/mol. The standard InChI is InChI=1S/C15H12BrClFNO2/c16-12-2-1-11(18)5-10(12)7-19-6-9-3-13(17)15-14(4-9)20-8-21-15/h1-5,19H,6-8H2. The van der Waals surface area contributed by atoms with Gasteiger partial charge in [0.1, 0.15) is 5.82 Å². The number of fused-ring (bicyclic) bond motifs is 1. The molecule has 6 heteroatoms. The van der Waals surface area contributed by atoms with Crippen LogP contribution in [0.5, 0.6) is 11.5 Å². The molecule has 1 heterocycles. The predicted octanol–water partition coefficient (Wildman–Crippen LogP) is 4.26. The first kappa shape index (κ1) is 14.6. The maximum Gasteiger partial charge on any atom is 0.231 e. The molecule has 0 spiro atoms. The first-order chi connectivity index (χ1) is 10.1. The second kappa shape index (κ2) is 6.22. The molecule has 0 atom stereocenters. The summed E-state index contributed by atoms with van der Waals surface area (Å²) in [5, 5.41) is 3.79. The van der Waals surface area contributed by atoms with Crippen LogP contribution < -0.4 is 14.8 Å². The van der Waals surface area contributed by atoms with E-state index in [1.807, 2.05) is 12.1 Å². The third-order valence-corrected chi connectivity index (χ3v) is 4.19. The van der Waals surface area contributed by atoms with E-state index < -0.39 is 0 Å². The van der Waals surface area contributed by atoms with Gasteiger partial charge in [-0.05, 0) is 41.5 Å². The normalized spacial score (nSPS) is 12.7. The Morgan fingerprint density at radius 2 is 2.05 bits per heavy atom. The lowest BCUT2D eigenvalue weighted by molar-refractivity contribution is 0.174. The van der Waals surface area contributed by atoms with E-state index in [1.165, 1.54) is 12.1 Å². The summed E-state index contributed by atoms with van der Waals surface area (Å²) in [6, 6.07) is 8.35. The highest BCUT2D eigenvalue weighted by molar-refractivity contribution is 9.10. The first-order valence-electron chi connectivity index (χ1n) is 6.36. The largest absolute Gasteiger partial charge is 0.454 e. The van der Waals surface area contributed by atoms with Crippen molar-refractivity contribution in [2.45, 2.75) is 13.1 Å². The molecule has 2 aromatic rings. The van der Waals surface area contributed by atoms with Crippen LogP contribution in [0.3, 0.4) is 0 Å². The second-order valence-electron chi connectivity index (χ2n) is 4.65. The Balaban J connectivity index is 1.66. The Morgan fingerprint density at radius 3 is 2.90 bits per heavy atom. The number of ether oxygens (including phenoxy) is 2. The molecule has 3 rings (SSSR count). The van der Waals surface area contributed by atoms with Crippen LogP contribution in [-0.2, 0) is 13.1 Å². The molecule has 0 aromatic heterocycles. The summed E-state index contributed by atoms with van der Waals surface area (Å²) in [4.78, 5) is 0. The Bertz CT molecular complexity index is 681. The molecule has 2 aromatic carbocycles. The maximum absolute atomic E-state index is 13.2. The van der Waals surface area contributed by atoms with E-state index >= 15 is 0 Å². The molecule has 3 nitrogen and oxygen atoms in total. The van der Waals surface area contributed by atoms with E-state index in [0.29, 0.717) is 29.6 Å². The summed E-state index contributed by atoms with van der Waals surface area (Å²) in [6.07, 6.45) is 0. The molecule has 0 unspecified atom stereocenters. The van der Waals surface area contributed by atoms with Gasteiger partial charge in [0.25, 0.3) is 0 Å². The smallest absolute Gasteiger partial charge is 0.231 e.